The van der Waals surface area contributed by atoms with Crippen LogP contribution in [0.25, 0.3) is 76.5 Å². The number of anilines is 3. The van der Waals surface area contributed by atoms with Crippen LogP contribution in [0.2, 0.25) is 0 Å². The first-order valence-corrected chi connectivity index (χ1v) is 18.4. The summed E-state index contributed by atoms with van der Waals surface area (Å²) in [6.45, 7) is 4.75. The van der Waals surface area contributed by atoms with Gasteiger partial charge < -0.3 is 9.32 Å². The smallest absolute Gasteiger partial charge is 0.135 e. The molecule has 0 unspecified atom stereocenters. The van der Waals surface area contributed by atoms with Gasteiger partial charge in [0.2, 0.25) is 0 Å². The lowest BCUT2D eigenvalue weighted by Gasteiger charge is -2.28. The summed E-state index contributed by atoms with van der Waals surface area (Å²) in [6, 6.07) is 64.2. The van der Waals surface area contributed by atoms with Crippen LogP contribution in [0.5, 0.6) is 0 Å². The van der Waals surface area contributed by atoms with Crippen molar-refractivity contribution in [3.63, 3.8) is 0 Å². The summed E-state index contributed by atoms with van der Waals surface area (Å²) in [5, 5.41) is 10.1. The summed E-state index contributed by atoms with van der Waals surface area (Å²) in [5.41, 5.74) is 12.8. The Morgan fingerprint density at radius 3 is 1.60 bits per heavy atom. The third-order valence-corrected chi connectivity index (χ3v) is 11.6. The van der Waals surface area contributed by atoms with Crippen LogP contribution in [0.1, 0.15) is 25.0 Å². The molecule has 0 aliphatic heterocycles. The molecule has 0 saturated carbocycles. The SMILES string of the molecule is CC1(C)c2cc(-c3ccc4c5ccccc5c5ccccc5c4c3)ccc2-c2ccc(N(c3ccccc3)c3ccc4oc5ccccc5c4c3)cc21. The van der Waals surface area contributed by atoms with Crippen LogP contribution in [0.3, 0.4) is 0 Å². The molecule has 0 saturated heterocycles. The predicted octanol–water partition coefficient (Wildman–Crippen LogP) is 14.5. The summed E-state index contributed by atoms with van der Waals surface area (Å²) < 4.78 is 6.20. The first-order chi connectivity index (χ1) is 26.0. The Kier molecular flexibility index (Phi) is 6.33. The Bertz CT molecular complexity index is 3060. The van der Waals surface area contributed by atoms with E-state index >= 15 is 0 Å². The average Bonchev–Trinajstić information content (AvgIpc) is 3.69. The number of hydrogen-bond donors (Lipinski definition) is 0. The highest BCUT2D eigenvalue weighted by Crippen LogP contribution is 2.52. The van der Waals surface area contributed by atoms with E-state index in [1.54, 1.807) is 0 Å². The highest BCUT2D eigenvalue weighted by atomic mass is 16.3. The fraction of sp³-hybridized carbons (Fsp3) is 0.0588. The minimum atomic E-state index is -0.191. The maximum atomic E-state index is 6.20. The van der Waals surface area contributed by atoms with Gasteiger partial charge in [0.25, 0.3) is 0 Å². The summed E-state index contributed by atoms with van der Waals surface area (Å²) in [4.78, 5) is 2.37. The molecule has 0 fully saturated rings. The van der Waals surface area contributed by atoms with Gasteiger partial charge in [-0.05, 0) is 126 Å². The number of fused-ring (bicyclic) bond motifs is 12. The van der Waals surface area contributed by atoms with Crippen LogP contribution >= 0.6 is 0 Å². The van der Waals surface area contributed by atoms with E-state index in [-0.39, 0.29) is 5.41 Å². The fourth-order valence-corrected chi connectivity index (χ4v) is 9.01. The quantitative estimate of drug-likeness (QED) is 0.172. The Hall–Kier alpha value is -6.64. The molecule has 2 heteroatoms. The third kappa shape index (κ3) is 4.45. The second kappa shape index (κ2) is 11.2. The molecule has 10 aromatic rings. The summed E-state index contributed by atoms with van der Waals surface area (Å²) >= 11 is 0. The minimum Gasteiger partial charge on any atom is -0.456 e. The molecule has 1 aliphatic rings. The lowest BCUT2D eigenvalue weighted by molar-refractivity contribution is 0.660. The summed E-state index contributed by atoms with van der Waals surface area (Å²) in [7, 11) is 0. The molecule has 1 aliphatic carbocycles. The molecule has 0 bridgehead atoms. The monoisotopic (exact) mass is 677 g/mol. The molecule has 0 radical (unpaired) electrons. The van der Waals surface area contributed by atoms with E-state index in [4.69, 9.17) is 4.42 Å². The van der Waals surface area contributed by atoms with Crippen molar-refractivity contribution < 1.29 is 4.42 Å². The van der Waals surface area contributed by atoms with Gasteiger partial charge in [-0.1, -0.05) is 129 Å². The van der Waals surface area contributed by atoms with E-state index in [2.05, 4.69) is 183 Å². The molecule has 0 amide bonds. The van der Waals surface area contributed by atoms with Gasteiger partial charge in [-0.2, -0.15) is 0 Å². The van der Waals surface area contributed by atoms with Crippen LogP contribution < -0.4 is 4.90 Å². The Balaban J connectivity index is 1.03. The number of para-hydroxylation sites is 2. The van der Waals surface area contributed by atoms with Crippen molar-refractivity contribution >= 4 is 71.3 Å². The zero-order chi connectivity index (χ0) is 35.3. The van der Waals surface area contributed by atoms with Crippen molar-refractivity contribution in [2.24, 2.45) is 0 Å². The van der Waals surface area contributed by atoms with E-state index in [9.17, 15) is 0 Å². The number of furan rings is 1. The van der Waals surface area contributed by atoms with Crippen molar-refractivity contribution in [3.8, 4) is 22.3 Å². The third-order valence-electron chi connectivity index (χ3n) is 11.6. The average molecular weight is 678 g/mol. The highest BCUT2D eigenvalue weighted by molar-refractivity contribution is 6.25. The molecule has 0 atom stereocenters. The normalized spacial score (nSPS) is 13.2. The van der Waals surface area contributed by atoms with E-state index in [1.807, 2.05) is 12.1 Å². The van der Waals surface area contributed by atoms with E-state index in [0.717, 1.165) is 39.0 Å². The highest BCUT2D eigenvalue weighted by Gasteiger charge is 2.36. The molecular formula is C51H35NO. The van der Waals surface area contributed by atoms with Gasteiger partial charge in [0.1, 0.15) is 11.2 Å². The Labute approximate surface area is 308 Å². The first kappa shape index (κ1) is 30.0. The van der Waals surface area contributed by atoms with Gasteiger partial charge in [-0.25, -0.2) is 0 Å². The molecule has 1 aromatic heterocycles. The van der Waals surface area contributed by atoms with Gasteiger partial charge in [-0.15, -0.1) is 0 Å². The molecular weight excluding hydrogens is 643 g/mol. The van der Waals surface area contributed by atoms with Crippen molar-refractivity contribution in [2.45, 2.75) is 19.3 Å². The molecule has 53 heavy (non-hydrogen) atoms. The van der Waals surface area contributed by atoms with Crippen LogP contribution in [-0.4, -0.2) is 0 Å². The van der Waals surface area contributed by atoms with Crippen molar-refractivity contribution in [3.05, 3.63) is 187 Å². The first-order valence-electron chi connectivity index (χ1n) is 18.4. The number of hydrogen-bond acceptors (Lipinski definition) is 2. The summed E-state index contributed by atoms with van der Waals surface area (Å²) in [5.74, 6) is 0. The number of rotatable bonds is 4. The van der Waals surface area contributed by atoms with Gasteiger partial charge >= 0.3 is 0 Å². The number of benzene rings is 9. The minimum absolute atomic E-state index is 0.191. The second-order valence-corrected chi connectivity index (χ2v) is 14.9. The summed E-state index contributed by atoms with van der Waals surface area (Å²) in [6.07, 6.45) is 0. The molecule has 0 N–H and O–H groups in total. The molecule has 11 rings (SSSR count). The van der Waals surface area contributed by atoms with E-state index < -0.39 is 0 Å². The zero-order valence-corrected chi connectivity index (χ0v) is 29.6. The fourth-order valence-electron chi connectivity index (χ4n) is 9.01. The molecule has 1 heterocycles. The molecule has 250 valence electrons. The van der Waals surface area contributed by atoms with Gasteiger partial charge in [0.05, 0.1) is 0 Å². The van der Waals surface area contributed by atoms with Crippen molar-refractivity contribution in [2.75, 3.05) is 4.90 Å². The van der Waals surface area contributed by atoms with Crippen LogP contribution in [0, 0.1) is 0 Å². The van der Waals surface area contributed by atoms with Crippen LogP contribution in [-0.2, 0) is 5.41 Å². The van der Waals surface area contributed by atoms with Crippen LogP contribution in [0.15, 0.2) is 180 Å². The van der Waals surface area contributed by atoms with Gasteiger partial charge in [0.15, 0.2) is 0 Å². The van der Waals surface area contributed by atoms with Crippen LogP contribution in [0.4, 0.5) is 17.1 Å². The topological polar surface area (TPSA) is 16.4 Å². The number of nitrogens with zero attached hydrogens (tertiary/aromatic N) is 1. The lowest BCUT2D eigenvalue weighted by atomic mass is 9.81. The zero-order valence-electron chi connectivity index (χ0n) is 29.6. The van der Waals surface area contributed by atoms with E-state index in [1.165, 1.54) is 65.7 Å². The van der Waals surface area contributed by atoms with Crippen molar-refractivity contribution in [1.82, 2.24) is 0 Å². The predicted molar refractivity (Wildman–Crippen MR) is 224 cm³/mol. The molecule has 0 spiro atoms. The van der Waals surface area contributed by atoms with E-state index in [0.29, 0.717) is 0 Å². The van der Waals surface area contributed by atoms with Gasteiger partial charge in [-0.3, -0.25) is 0 Å². The van der Waals surface area contributed by atoms with Crippen molar-refractivity contribution in [1.29, 1.82) is 0 Å². The van der Waals surface area contributed by atoms with Gasteiger partial charge in [0, 0.05) is 33.2 Å². The molecule has 9 aromatic carbocycles. The molecule has 2 nitrogen and oxygen atoms in total. The lowest BCUT2D eigenvalue weighted by Crippen LogP contribution is -2.16. The maximum Gasteiger partial charge on any atom is 0.135 e. The standard InChI is InChI=1S/C51H35NO/c1-51(2)47-29-33(32-20-24-41-39-16-7-6-14-37(39)38-15-8-9-17-40(38)45(41)28-32)21-25-42(47)43-26-22-36(31-48(43)51)52(34-12-4-3-5-13-34)35-23-27-50-46(30-35)44-18-10-11-19-49(44)53-50/h3-31H,1-2H3. The Morgan fingerprint density at radius 2 is 0.868 bits per heavy atom. The maximum absolute atomic E-state index is 6.20. The second-order valence-electron chi connectivity index (χ2n) is 14.9. The largest absolute Gasteiger partial charge is 0.456 e. The Morgan fingerprint density at radius 1 is 0.358 bits per heavy atom.